The highest BCUT2D eigenvalue weighted by atomic mass is 16.4. The van der Waals surface area contributed by atoms with Gasteiger partial charge in [0.2, 0.25) is 0 Å². The summed E-state index contributed by atoms with van der Waals surface area (Å²) < 4.78 is 3.26. The van der Waals surface area contributed by atoms with E-state index < -0.39 is 11.4 Å². The third-order valence-corrected chi connectivity index (χ3v) is 5.71. The van der Waals surface area contributed by atoms with Crippen LogP contribution >= 0.6 is 0 Å². The van der Waals surface area contributed by atoms with Crippen molar-refractivity contribution in [1.29, 1.82) is 0 Å². The van der Waals surface area contributed by atoms with Crippen LogP contribution in [0.15, 0.2) is 18.5 Å². The molecule has 2 aromatic heterocycles. The molecule has 4 rings (SSSR count). The van der Waals surface area contributed by atoms with E-state index in [2.05, 4.69) is 10.2 Å². The van der Waals surface area contributed by atoms with Gasteiger partial charge >= 0.3 is 5.97 Å². The summed E-state index contributed by atoms with van der Waals surface area (Å²) in [6.07, 6.45) is 5.85. The number of hydrogen-bond donors (Lipinski definition) is 1. The molecular weight excluding hydrogens is 322 g/mol. The Hall–Kier alpha value is -2.64. The minimum Gasteiger partial charge on any atom is -0.481 e. The van der Waals surface area contributed by atoms with E-state index in [-0.39, 0.29) is 18.4 Å². The molecule has 2 atom stereocenters. The van der Waals surface area contributed by atoms with Gasteiger partial charge in [-0.1, -0.05) is 6.42 Å². The number of carboxylic acids is 1. The van der Waals surface area contributed by atoms with Crippen LogP contribution in [-0.2, 0) is 11.8 Å². The maximum atomic E-state index is 13.2. The number of carbonyl (C=O) groups excluding carboxylic acids is 1. The van der Waals surface area contributed by atoms with E-state index in [1.54, 1.807) is 46.7 Å². The van der Waals surface area contributed by atoms with E-state index >= 15 is 0 Å². The first-order chi connectivity index (χ1) is 11.9. The maximum Gasteiger partial charge on any atom is 0.311 e. The van der Waals surface area contributed by atoms with Gasteiger partial charge in [-0.25, -0.2) is 9.36 Å². The molecule has 0 radical (unpaired) electrons. The number of amides is 1. The minimum atomic E-state index is -0.780. The second kappa shape index (κ2) is 5.44. The molecule has 25 heavy (non-hydrogen) atoms. The summed E-state index contributed by atoms with van der Waals surface area (Å²) in [4.78, 5) is 26.8. The zero-order valence-corrected chi connectivity index (χ0v) is 14.3. The molecule has 0 aromatic carbocycles. The molecule has 132 valence electrons. The van der Waals surface area contributed by atoms with Crippen molar-refractivity contribution in [2.75, 3.05) is 13.1 Å². The van der Waals surface area contributed by atoms with Gasteiger partial charge in [-0.2, -0.15) is 10.2 Å². The summed E-state index contributed by atoms with van der Waals surface area (Å²) in [5, 5.41) is 18.3. The van der Waals surface area contributed by atoms with Gasteiger partial charge in [0.15, 0.2) is 5.82 Å². The summed E-state index contributed by atoms with van der Waals surface area (Å²) in [7, 11) is 1.78. The Morgan fingerprint density at radius 1 is 1.40 bits per heavy atom. The topological polar surface area (TPSA) is 93.3 Å². The van der Waals surface area contributed by atoms with Crippen LogP contribution in [0.25, 0.3) is 5.82 Å². The fourth-order valence-corrected chi connectivity index (χ4v) is 4.50. The van der Waals surface area contributed by atoms with Crippen LogP contribution in [-0.4, -0.2) is 54.5 Å². The van der Waals surface area contributed by atoms with Crippen molar-refractivity contribution >= 4 is 11.9 Å². The fourth-order valence-electron chi connectivity index (χ4n) is 4.50. The summed E-state index contributed by atoms with van der Waals surface area (Å²) in [6, 6.07) is 1.79. The van der Waals surface area contributed by atoms with Crippen LogP contribution in [0.3, 0.4) is 0 Å². The van der Waals surface area contributed by atoms with Crippen LogP contribution in [0.2, 0.25) is 0 Å². The predicted octanol–water partition coefficient (Wildman–Crippen LogP) is 1.24. The van der Waals surface area contributed by atoms with Crippen LogP contribution in [0.1, 0.15) is 35.3 Å². The molecule has 1 aliphatic carbocycles. The molecule has 1 amide bonds. The van der Waals surface area contributed by atoms with E-state index in [0.29, 0.717) is 30.0 Å². The Bertz CT molecular complexity index is 841. The normalized spacial score (nSPS) is 25.4. The van der Waals surface area contributed by atoms with Gasteiger partial charge in [0.25, 0.3) is 5.91 Å². The summed E-state index contributed by atoms with van der Waals surface area (Å²) in [6.45, 7) is 2.57. The number of aryl methyl sites for hydroxylation is 2. The lowest BCUT2D eigenvalue weighted by molar-refractivity contribution is -0.149. The van der Waals surface area contributed by atoms with Crippen molar-refractivity contribution in [3.05, 3.63) is 29.7 Å². The standard InChI is InChI=1S/C17H21N5O3/c1-11-13(14(20(2)19-11)22-8-4-7-18-22)15(23)21-9-12-5-3-6-17(12,10-21)16(24)25/h4,7-8,12H,3,5-6,9-10H2,1-2H3,(H,24,25)/t12-,17+/m0/s1. The molecule has 2 aromatic rings. The summed E-state index contributed by atoms with van der Waals surface area (Å²) >= 11 is 0. The number of aromatic nitrogens is 4. The number of carboxylic acid groups (broad SMARTS) is 1. The minimum absolute atomic E-state index is 0.0408. The van der Waals surface area contributed by atoms with Crippen molar-refractivity contribution in [2.45, 2.75) is 26.2 Å². The lowest BCUT2D eigenvalue weighted by atomic mass is 9.81. The predicted molar refractivity (Wildman–Crippen MR) is 88.4 cm³/mol. The largest absolute Gasteiger partial charge is 0.481 e. The third kappa shape index (κ3) is 2.20. The second-order valence-electron chi connectivity index (χ2n) is 7.09. The van der Waals surface area contributed by atoms with Crippen LogP contribution in [0.5, 0.6) is 0 Å². The maximum absolute atomic E-state index is 13.2. The van der Waals surface area contributed by atoms with Crippen molar-refractivity contribution < 1.29 is 14.7 Å². The molecule has 1 saturated heterocycles. The van der Waals surface area contributed by atoms with E-state index in [0.717, 1.165) is 12.8 Å². The van der Waals surface area contributed by atoms with Crippen molar-refractivity contribution in [3.8, 4) is 5.82 Å². The van der Waals surface area contributed by atoms with Gasteiger partial charge in [0.05, 0.1) is 11.1 Å². The molecule has 2 fully saturated rings. The van der Waals surface area contributed by atoms with Crippen molar-refractivity contribution in [2.24, 2.45) is 18.4 Å². The number of likely N-dealkylation sites (tertiary alicyclic amines) is 1. The molecular formula is C17H21N5O3. The number of hydrogen-bond acceptors (Lipinski definition) is 4. The van der Waals surface area contributed by atoms with Crippen LogP contribution < -0.4 is 0 Å². The highest BCUT2D eigenvalue weighted by Crippen LogP contribution is 2.49. The Morgan fingerprint density at radius 3 is 2.84 bits per heavy atom. The van der Waals surface area contributed by atoms with Crippen LogP contribution in [0, 0.1) is 18.3 Å². The van der Waals surface area contributed by atoms with Gasteiger partial charge < -0.3 is 10.0 Å². The van der Waals surface area contributed by atoms with Gasteiger partial charge in [-0.3, -0.25) is 9.59 Å². The average molecular weight is 343 g/mol. The molecule has 1 aliphatic heterocycles. The molecule has 1 N–H and O–H groups in total. The first kappa shape index (κ1) is 15.9. The highest BCUT2D eigenvalue weighted by molar-refractivity contribution is 5.99. The lowest BCUT2D eigenvalue weighted by Gasteiger charge is -2.23. The van der Waals surface area contributed by atoms with Gasteiger partial charge in [-0.15, -0.1) is 0 Å². The van der Waals surface area contributed by atoms with Crippen LogP contribution in [0.4, 0.5) is 0 Å². The first-order valence-corrected chi connectivity index (χ1v) is 8.50. The smallest absolute Gasteiger partial charge is 0.311 e. The average Bonchev–Trinajstić information content (AvgIpc) is 3.27. The fraction of sp³-hybridized carbons (Fsp3) is 0.529. The number of rotatable bonds is 3. The van der Waals surface area contributed by atoms with Gasteiger partial charge in [-0.05, 0) is 31.7 Å². The number of aliphatic carboxylic acids is 1. The number of carbonyl (C=O) groups is 2. The van der Waals surface area contributed by atoms with Crippen molar-refractivity contribution in [3.63, 3.8) is 0 Å². The lowest BCUT2D eigenvalue weighted by Crippen LogP contribution is -2.37. The van der Waals surface area contributed by atoms with Crippen molar-refractivity contribution in [1.82, 2.24) is 24.5 Å². The zero-order chi connectivity index (χ0) is 17.8. The Morgan fingerprint density at radius 2 is 2.20 bits per heavy atom. The third-order valence-electron chi connectivity index (χ3n) is 5.71. The Labute approximate surface area is 145 Å². The summed E-state index contributed by atoms with van der Waals surface area (Å²) in [5.41, 5.74) is 0.337. The Balaban J connectivity index is 1.71. The highest BCUT2D eigenvalue weighted by Gasteiger charge is 2.56. The molecule has 1 saturated carbocycles. The SMILES string of the molecule is Cc1nn(C)c(-n2cccn2)c1C(=O)N1C[C@@H]2CCC[C@@]2(C(=O)O)C1. The monoisotopic (exact) mass is 343 g/mol. The molecule has 0 spiro atoms. The first-order valence-electron chi connectivity index (χ1n) is 8.50. The number of fused-ring (bicyclic) bond motifs is 1. The second-order valence-corrected chi connectivity index (χ2v) is 7.09. The van der Waals surface area contributed by atoms with Gasteiger partial charge in [0.1, 0.15) is 5.56 Å². The number of nitrogens with zero attached hydrogens (tertiary/aromatic N) is 5. The molecule has 0 bridgehead atoms. The van der Waals surface area contributed by atoms with Gasteiger partial charge in [0, 0.05) is 32.5 Å². The molecule has 0 unspecified atom stereocenters. The van der Waals surface area contributed by atoms with E-state index in [4.69, 9.17) is 0 Å². The van der Waals surface area contributed by atoms with E-state index in [1.165, 1.54) is 0 Å². The molecule has 2 aliphatic rings. The van der Waals surface area contributed by atoms with E-state index in [9.17, 15) is 14.7 Å². The quantitative estimate of drug-likeness (QED) is 0.905. The zero-order valence-electron chi connectivity index (χ0n) is 14.3. The summed E-state index contributed by atoms with van der Waals surface area (Å²) in [5.74, 6) is -0.292. The molecule has 3 heterocycles. The molecule has 8 nitrogen and oxygen atoms in total. The van der Waals surface area contributed by atoms with E-state index in [1.807, 2.05) is 0 Å². The molecule has 8 heteroatoms. The Kier molecular flexibility index (Phi) is 3.45.